The number of fused-ring (bicyclic) bond motifs is 2. The van der Waals surface area contributed by atoms with Gasteiger partial charge in [0, 0.05) is 16.7 Å². The Balaban J connectivity index is 2.25. The predicted octanol–water partition coefficient (Wildman–Crippen LogP) is 1.85. The van der Waals surface area contributed by atoms with E-state index in [-0.39, 0.29) is 28.4 Å². The zero-order chi connectivity index (χ0) is 15.9. The molecular formula is C17H12N2O3. The molecule has 3 rings (SSSR count). The monoisotopic (exact) mass is 292 g/mol. The maximum atomic E-state index is 12.7. The molecule has 0 fully saturated rings. The Morgan fingerprint density at radius 1 is 0.955 bits per heavy atom. The van der Waals surface area contributed by atoms with Gasteiger partial charge in [0.05, 0.1) is 11.3 Å². The lowest BCUT2D eigenvalue weighted by Gasteiger charge is -2.23. The van der Waals surface area contributed by atoms with Crippen LogP contribution in [0.15, 0.2) is 55.1 Å². The smallest absolute Gasteiger partial charge is 0.264 e. The van der Waals surface area contributed by atoms with Gasteiger partial charge in [0.25, 0.3) is 5.91 Å². The molecule has 0 saturated carbocycles. The molecular weight excluding hydrogens is 280 g/mol. The summed E-state index contributed by atoms with van der Waals surface area (Å²) in [6, 6.07) is 11.3. The number of anilines is 1. The van der Waals surface area contributed by atoms with Gasteiger partial charge in [-0.2, -0.15) is 0 Å². The molecule has 2 aromatic carbocycles. The van der Waals surface area contributed by atoms with E-state index in [2.05, 4.69) is 6.58 Å². The third-order valence-electron chi connectivity index (χ3n) is 3.60. The first-order valence-corrected chi connectivity index (χ1v) is 6.59. The number of carbonyl (C=O) groups is 3. The first-order valence-electron chi connectivity index (χ1n) is 6.59. The number of rotatable bonds is 2. The number of ketones is 2. The highest BCUT2D eigenvalue weighted by molar-refractivity contribution is 6.30. The van der Waals surface area contributed by atoms with Crippen LogP contribution in [-0.2, 0) is 4.79 Å². The van der Waals surface area contributed by atoms with Crippen LogP contribution in [0.2, 0.25) is 0 Å². The molecule has 0 saturated heterocycles. The van der Waals surface area contributed by atoms with Gasteiger partial charge in [-0.1, -0.05) is 43.0 Å². The first kappa shape index (κ1) is 13.9. The van der Waals surface area contributed by atoms with Crippen molar-refractivity contribution in [3.8, 4) is 0 Å². The fraction of sp³-hybridized carbons (Fsp3) is 0. The number of hydrogen-bond acceptors (Lipinski definition) is 4. The van der Waals surface area contributed by atoms with Gasteiger partial charge in [0.15, 0.2) is 11.6 Å². The molecule has 0 atom stereocenters. The van der Waals surface area contributed by atoms with Gasteiger partial charge in [-0.25, -0.2) is 10.9 Å². The third kappa shape index (κ3) is 1.88. The number of hydrogen-bond donors (Lipinski definition) is 1. The van der Waals surface area contributed by atoms with Gasteiger partial charge in [-0.05, 0) is 12.1 Å². The number of amides is 1. The molecule has 0 heterocycles. The molecule has 0 radical (unpaired) electrons. The van der Waals surface area contributed by atoms with Gasteiger partial charge in [-0.15, -0.1) is 0 Å². The minimum atomic E-state index is -0.562. The Bertz CT molecular complexity index is 840. The normalized spacial score (nSPS) is 12.4. The van der Waals surface area contributed by atoms with E-state index in [4.69, 9.17) is 5.84 Å². The lowest BCUT2D eigenvalue weighted by Crippen LogP contribution is -2.38. The average molecular weight is 292 g/mol. The molecule has 2 N–H and O–H groups in total. The second kappa shape index (κ2) is 5.05. The molecule has 0 aromatic heterocycles. The van der Waals surface area contributed by atoms with Crippen LogP contribution in [0.5, 0.6) is 0 Å². The van der Waals surface area contributed by atoms with Crippen molar-refractivity contribution >= 4 is 23.2 Å². The van der Waals surface area contributed by atoms with E-state index in [1.54, 1.807) is 36.4 Å². The summed E-state index contributed by atoms with van der Waals surface area (Å²) in [5.74, 6) is 4.60. The zero-order valence-corrected chi connectivity index (χ0v) is 11.6. The van der Waals surface area contributed by atoms with E-state index in [1.807, 2.05) is 0 Å². The Kier molecular flexibility index (Phi) is 3.19. The van der Waals surface area contributed by atoms with Crippen LogP contribution in [0.1, 0.15) is 31.8 Å². The molecule has 2 aromatic rings. The molecule has 1 aliphatic rings. The Labute approximate surface area is 126 Å². The van der Waals surface area contributed by atoms with Crippen LogP contribution >= 0.6 is 0 Å². The van der Waals surface area contributed by atoms with Crippen molar-refractivity contribution < 1.29 is 14.4 Å². The van der Waals surface area contributed by atoms with E-state index >= 15 is 0 Å². The Morgan fingerprint density at radius 2 is 1.55 bits per heavy atom. The highest BCUT2D eigenvalue weighted by Gasteiger charge is 2.32. The molecule has 22 heavy (non-hydrogen) atoms. The lowest BCUT2D eigenvalue weighted by atomic mass is 9.83. The summed E-state index contributed by atoms with van der Waals surface area (Å²) in [6.07, 6.45) is 1.04. The molecule has 1 aliphatic carbocycles. The zero-order valence-electron chi connectivity index (χ0n) is 11.6. The predicted molar refractivity (Wildman–Crippen MR) is 81.6 cm³/mol. The molecule has 108 valence electrons. The molecule has 0 aliphatic heterocycles. The minimum Gasteiger partial charge on any atom is -0.289 e. The SMILES string of the molecule is C=CC(=O)N(N)c1cccc2c1C(=O)c1ccccc1C2=O. The molecule has 0 bridgehead atoms. The van der Waals surface area contributed by atoms with E-state index in [9.17, 15) is 14.4 Å². The van der Waals surface area contributed by atoms with Crippen LogP contribution in [0.3, 0.4) is 0 Å². The second-order valence-electron chi connectivity index (χ2n) is 4.82. The average Bonchev–Trinajstić information content (AvgIpc) is 2.57. The quantitative estimate of drug-likeness (QED) is 0.338. The standard InChI is InChI=1S/C17H12N2O3/c1-2-14(20)19(18)13-9-5-8-12-15(13)17(22)11-7-4-3-6-10(11)16(12)21/h2-9H,1,18H2. The summed E-state index contributed by atoms with van der Waals surface area (Å²) in [7, 11) is 0. The number of carbonyl (C=O) groups excluding carboxylic acids is 3. The van der Waals surface area contributed by atoms with Gasteiger partial charge >= 0.3 is 0 Å². The minimum absolute atomic E-state index is 0.143. The fourth-order valence-corrected chi connectivity index (χ4v) is 2.54. The van der Waals surface area contributed by atoms with Crippen LogP contribution in [0.4, 0.5) is 5.69 Å². The van der Waals surface area contributed by atoms with Crippen molar-refractivity contribution in [1.82, 2.24) is 0 Å². The molecule has 5 nitrogen and oxygen atoms in total. The van der Waals surface area contributed by atoms with E-state index < -0.39 is 5.91 Å². The largest absolute Gasteiger partial charge is 0.289 e. The van der Waals surface area contributed by atoms with Crippen molar-refractivity contribution in [3.05, 3.63) is 77.4 Å². The Hall–Kier alpha value is -3.05. The van der Waals surface area contributed by atoms with Crippen LogP contribution in [0.25, 0.3) is 0 Å². The second-order valence-corrected chi connectivity index (χ2v) is 4.82. The van der Waals surface area contributed by atoms with Crippen LogP contribution in [0, 0.1) is 0 Å². The van der Waals surface area contributed by atoms with Crippen molar-refractivity contribution in [1.29, 1.82) is 0 Å². The summed E-state index contributed by atoms with van der Waals surface area (Å²) in [5, 5.41) is 0.824. The number of hydrazine groups is 1. The summed E-state index contributed by atoms with van der Waals surface area (Å²) >= 11 is 0. The highest BCUT2D eigenvalue weighted by Crippen LogP contribution is 2.32. The topological polar surface area (TPSA) is 80.5 Å². The molecule has 1 amide bonds. The summed E-state index contributed by atoms with van der Waals surface area (Å²) in [6.45, 7) is 3.37. The van der Waals surface area contributed by atoms with Crippen molar-refractivity contribution in [2.75, 3.05) is 5.01 Å². The van der Waals surface area contributed by atoms with E-state index in [0.29, 0.717) is 11.1 Å². The van der Waals surface area contributed by atoms with Crippen LogP contribution in [-0.4, -0.2) is 17.5 Å². The van der Waals surface area contributed by atoms with Gasteiger partial charge < -0.3 is 0 Å². The lowest BCUT2D eigenvalue weighted by molar-refractivity contribution is -0.114. The van der Waals surface area contributed by atoms with Crippen LogP contribution < -0.4 is 10.9 Å². The van der Waals surface area contributed by atoms with Gasteiger partial charge in [0.2, 0.25) is 0 Å². The summed E-state index contributed by atoms with van der Waals surface area (Å²) in [5.41, 5.74) is 1.25. The molecule has 0 spiro atoms. The first-order chi connectivity index (χ1) is 10.6. The number of nitrogens with two attached hydrogens (primary N) is 1. The fourth-order valence-electron chi connectivity index (χ4n) is 2.54. The van der Waals surface area contributed by atoms with Crippen molar-refractivity contribution in [2.45, 2.75) is 0 Å². The van der Waals surface area contributed by atoms with Crippen molar-refractivity contribution in [2.24, 2.45) is 5.84 Å². The maximum absolute atomic E-state index is 12.7. The summed E-state index contributed by atoms with van der Waals surface area (Å²) < 4.78 is 0. The molecule has 0 unspecified atom stereocenters. The Morgan fingerprint density at radius 3 is 2.18 bits per heavy atom. The summed E-state index contributed by atoms with van der Waals surface area (Å²) in [4.78, 5) is 37.0. The maximum Gasteiger partial charge on any atom is 0.264 e. The number of nitrogens with zero attached hydrogens (tertiary/aromatic N) is 1. The molecule has 5 heteroatoms. The van der Waals surface area contributed by atoms with E-state index in [1.165, 1.54) is 6.07 Å². The van der Waals surface area contributed by atoms with E-state index in [0.717, 1.165) is 11.1 Å². The highest BCUT2D eigenvalue weighted by atomic mass is 16.2. The van der Waals surface area contributed by atoms with Crippen molar-refractivity contribution in [3.63, 3.8) is 0 Å². The van der Waals surface area contributed by atoms with Gasteiger partial charge in [-0.3, -0.25) is 14.4 Å². The van der Waals surface area contributed by atoms with Gasteiger partial charge in [0.1, 0.15) is 0 Å². The third-order valence-corrected chi connectivity index (χ3v) is 3.60. The number of benzene rings is 2.